The van der Waals surface area contributed by atoms with Gasteiger partial charge < -0.3 is 0 Å². The van der Waals surface area contributed by atoms with E-state index in [0.717, 1.165) is 47.3 Å². The minimum atomic E-state index is 0.540. The molecule has 0 radical (unpaired) electrons. The van der Waals surface area contributed by atoms with Gasteiger partial charge in [-0.05, 0) is 133 Å². The first-order chi connectivity index (χ1) is 14.6. The number of allylic oxidation sites excluding steroid dienone is 1. The van der Waals surface area contributed by atoms with E-state index in [4.69, 9.17) is 6.58 Å². The van der Waals surface area contributed by atoms with Crippen LogP contribution in [0.3, 0.4) is 0 Å². The Labute approximate surface area is 193 Å². The van der Waals surface area contributed by atoms with Crippen LogP contribution in [0.5, 0.6) is 0 Å². The first-order valence-electron chi connectivity index (χ1n) is 14.3. The minimum Gasteiger partial charge on any atom is -0.0996 e. The van der Waals surface area contributed by atoms with E-state index in [-0.39, 0.29) is 0 Å². The number of hydrogen-bond acceptors (Lipinski definition) is 0. The van der Waals surface area contributed by atoms with Crippen LogP contribution in [-0.4, -0.2) is 0 Å². The average Bonchev–Trinajstić information content (AvgIpc) is 3.12. The van der Waals surface area contributed by atoms with Gasteiger partial charge in [-0.15, -0.1) is 0 Å². The van der Waals surface area contributed by atoms with Crippen molar-refractivity contribution in [1.82, 2.24) is 0 Å². The fourth-order valence-corrected chi connectivity index (χ4v) is 12.2. The number of fused-ring (bicyclic) bond motifs is 4. The maximum Gasteiger partial charge on any atom is -0.0169 e. The van der Waals surface area contributed by atoms with E-state index in [1.54, 1.807) is 12.0 Å². The Morgan fingerprint density at radius 3 is 2.35 bits per heavy atom. The molecule has 0 aromatic carbocycles. The molecule has 6 saturated carbocycles. The highest BCUT2D eigenvalue weighted by atomic mass is 14.8. The van der Waals surface area contributed by atoms with E-state index < -0.39 is 0 Å². The summed E-state index contributed by atoms with van der Waals surface area (Å²) < 4.78 is 0. The Morgan fingerprint density at radius 2 is 1.61 bits per heavy atom. The number of rotatable bonds is 1. The zero-order valence-electron chi connectivity index (χ0n) is 21.6. The largest absolute Gasteiger partial charge is 0.0996 e. The van der Waals surface area contributed by atoms with Gasteiger partial charge in [0.15, 0.2) is 0 Å². The Hall–Kier alpha value is -0.260. The van der Waals surface area contributed by atoms with Gasteiger partial charge in [-0.1, -0.05) is 60.1 Å². The summed E-state index contributed by atoms with van der Waals surface area (Å²) in [6.45, 7) is 20.8. The molecule has 0 aromatic heterocycles. The molecule has 6 rings (SSSR count). The van der Waals surface area contributed by atoms with Gasteiger partial charge in [0, 0.05) is 0 Å². The van der Waals surface area contributed by atoms with Crippen LogP contribution in [0.25, 0.3) is 0 Å². The van der Waals surface area contributed by atoms with Crippen molar-refractivity contribution in [3.8, 4) is 0 Å². The van der Waals surface area contributed by atoms with Gasteiger partial charge in [0.05, 0.1) is 0 Å². The summed E-state index contributed by atoms with van der Waals surface area (Å²) in [4.78, 5) is 0. The molecule has 31 heavy (non-hydrogen) atoms. The Morgan fingerprint density at radius 1 is 0.839 bits per heavy atom. The van der Waals surface area contributed by atoms with Crippen molar-refractivity contribution >= 4 is 0 Å². The second-order valence-corrected chi connectivity index (χ2v) is 14.8. The first-order valence-corrected chi connectivity index (χ1v) is 14.3. The summed E-state index contributed by atoms with van der Waals surface area (Å²) in [7, 11) is 0. The molecule has 11 unspecified atom stereocenters. The molecule has 0 amide bonds. The van der Waals surface area contributed by atoms with Crippen LogP contribution in [0.4, 0.5) is 0 Å². The molecular weight excluding hydrogens is 372 g/mol. The quantitative estimate of drug-likeness (QED) is 0.370. The molecule has 0 saturated heterocycles. The van der Waals surface area contributed by atoms with Gasteiger partial charge in [-0.25, -0.2) is 0 Å². The predicted molar refractivity (Wildman–Crippen MR) is 132 cm³/mol. The maximum atomic E-state index is 4.76. The topological polar surface area (TPSA) is 0 Å². The third-order valence-corrected chi connectivity index (χ3v) is 14.5. The van der Waals surface area contributed by atoms with E-state index >= 15 is 0 Å². The Kier molecular flexibility index (Phi) is 4.42. The molecule has 11 atom stereocenters. The normalized spacial score (nSPS) is 59.5. The Bertz CT molecular complexity index is 775. The summed E-state index contributed by atoms with van der Waals surface area (Å²) in [5.74, 6) is 7.62. The van der Waals surface area contributed by atoms with E-state index in [9.17, 15) is 0 Å². The molecule has 0 heteroatoms. The SMILES string of the molecule is C=C1CC2CC3C4CCC(C)C(C)(C)C4CCC3(C)C3(C)CCC4(CC)CCC1C4C23. The zero-order valence-corrected chi connectivity index (χ0v) is 21.6. The predicted octanol–water partition coefficient (Wildman–Crippen LogP) is 8.91. The van der Waals surface area contributed by atoms with Gasteiger partial charge in [0.25, 0.3) is 0 Å². The molecule has 6 aliphatic carbocycles. The first kappa shape index (κ1) is 21.3. The molecule has 0 aromatic rings. The van der Waals surface area contributed by atoms with Gasteiger partial charge in [0.1, 0.15) is 0 Å². The zero-order chi connectivity index (χ0) is 22.0. The van der Waals surface area contributed by atoms with Crippen molar-refractivity contribution in [1.29, 1.82) is 0 Å². The van der Waals surface area contributed by atoms with Crippen LogP contribution in [0.2, 0.25) is 0 Å². The lowest BCUT2D eigenvalue weighted by molar-refractivity contribution is -0.238. The van der Waals surface area contributed by atoms with Crippen molar-refractivity contribution in [3.05, 3.63) is 12.2 Å². The number of hydrogen-bond donors (Lipinski definition) is 0. The summed E-state index contributed by atoms with van der Waals surface area (Å²) in [5.41, 5.74) is 4.04. The summed E-state index contributed by atoms with van der Waals surface area (Å²) in [5, 5.41) is 0. The minimum absolute atomic E-state index is 0.540. The highest BCUT2D eigenvalue weighted by Crippen LogP contribution is 2.78. The second-order valence-electron chi connectivity index (χ2n) is 14.8. The van der Waals surface area contributed by atoms with Gasteiger partial charge in [-0.3, -0.25) is 0 Å². The van der Waals surface area contributed by atoms with Crippen molar-refractivity contribution < 1.29 is 0 Å². The average molecular weight is 423 g/mol. The van der Waals surface area contributed by atoms with Crippen molar-refractivity contribution in [2.45, 2.75) is 112 Å². The smallest absolute Gasteiger partial charge is 0.0169 e. The fourth-order valence-electron chi connectivity index (χ4n) is 12.2. The second kappa shape index (κ2) is 6.44. The third kappa shape index (κ3) is 2.40. The monoisotopic (exact) mass is 422 g/mol. The van der Waals surface area contributed by atoms with Crippen LogP contribution in [0, 0.1) is 69.0 Å². The fraction of sp³-hybridized carbons (Fsp3) is 0.935. The molecular formula is C31H50. The van der Waals surface area contributed by atoms with E-state index in [1.165, 1.54) is 64.2 Å². The van der Waals surface area contributed by atoms with Crippen molar-refractivity contribution in [2.75, 3.05) is 0 Å². The van der Waals surface area contributed by atoms with Gasteiger partial charge in [-0.2, -0.15) is 0 Å². The van der Waals surface area contributed by atoms with Crippen LogP contribution in [0.15, 0.2) is 12.2 Å². The standard InChI is InChI=1S/C31H50/c1-8-31-14-11-22-19(2)17-21-18-25-23-10-9-20(3)28(4,5)24(23)12-13-29(25,6)30(7,15-16-31)26(21)27(22)31/h20-27H,2,8-18H2,1,3-7H3. The van der Waals surface area contributed by atoms with E-state index in [2.05, 4.69) is 41.5 Å². The van der Waals surface area contributed by atoms with Crippen LogP contribution in [0.1, 0.15) is 112 Å². The van der Waals surface area contributed by atoms with Crippen molar-refractivity contribution in [3.63, 3.8) is 0 Å². The summed E-state index contributed by atoms with van der Waals surface area (Å²) in [6.07, 6.45) is 16.4. The van der Waals surface area contributed by atoms with Crippen LogP contribution < -0.4 is 0 Å². The lowest BCUT2D eigenvalue weighted by Crippen LogP contribution is -2.66. The molecule has 0 spiro atoms. The lowest BCUT2D eigenvalue weighted by Gasteiger charge is -2.73. The van der Waals surface area contributed by atoms with Gasteiger partial charge in [0.2, 0.25) is 0 Å². The molecule has 0 bridgehead atoms. The molecule has 6 aliphatic rings. The molecule has 6 fully saturated rings. The molecule has 0 heterocycles. The Balaban J connectivity index is 1.43. The van der Waals surface area contributed by atoms with E-state index in [0.29, 0.717) is 21.7 Å². The van der Waals surface area contributed by atoms with Gasteiger partial charge >= 0.3 is 0 Å². The van der Waals surface area contributed by atoms with Crippen molar-refractivity contribution in [2.24, 2.45) is 69.0 Å². The molecule has 0 aliphatic heterocycles. The summed E-state index contributed by atoms with van der Waals surface area (Å²) in [6, 6.07) is 0. The molecule has 174 valence electrons. The lowest BCUT2D eigenvalue weighted by atomic mass is 9.32. The van der Waals surface area contributed by atoms with Crippen LogP contribution >= 0.6 is 0 Å². The van der Waals surface area contributed by atoms with Crippen LogP contribution in [-0.2, 0) is 0 Å². The summed E-state index contributed by atoms with van der Waals surface area (Å²) >= 11 is 0. The van der Waals surface area contributed by atoms with E-state index in [1.807, 2.05) is 0 Å². The highest BCUT2D eigenvalue weighted by molar-refractivity contribution is 5.25. The maximum absolute atomic E-state index is 4.76. The third-order valence-electron chi connectivity index (χ3n) is 14.5. The highest BCUT2D eigenvalue weighted by Gasteiger charge is 2.71. The molecule has 0 nitrogen and oxygen atoms in total. The molecule has 0 N–H and O–H groups in total.